The van der Waals surface area contributed by atoms with Crippen molar-refractivity contribution < 1.29 is 9.53 Å². The highest BCUT2D eigenvalue weighted by Crippen LogP contribution is 2.25. The summed E-state index contributed by atoms with van der Waals surface area (Å²) in [7, 11) is 0. The molecule has 1 aliphatic rings. The maximum Gasteiger partial charge on any atom is 0.329 e. The highest BCUT2D eigenvalue weighted by Gasteiger charge is 2.27. The van der Waals surface area contributed by atoms with Crippen LogP contribution >= 0.6 is 15.9 Å². The number of ether oxygens (including phenoxy) is 1. The number of hydrogen-bond acceptors (Lipinski definition) is 3. The number of halogens is 1. The number of anilines is 1. The first kappa shape index (κ1) is 13.2. The molecule has 2 aromatic rings. The van der Waals surface area contributed by atoms with E-state index in [2.05, 4.69) is 21.2 Å². The van der Waals surface area contributed by atoms with Gasteiger partial charge in [0, 0.05) is 16.6 Å². The number of rotatable bonds is 3. The first-order chi connectivity index (χ1) is 9.72. The lowest BCUT2D eigenvalue weighted by Gasteiger charge is -2.11. The molecule has 20 heavy (non-hydrogen) atoms. The van der Waals surface area contributed by atoms with E-state index < -0.39 is 0 Å². The van der Waals surface area contributed by atoms with E-state index in [1.807, 2.05) is 48.5 Å². The van der Waals surface area contributed by atoms with Crippen molar-refractivity contribution in [2.75, 3.05) is 5.32 Å². The van der Waals surface area contributed by atoms with Crippen LogP contribution in [0.2, 0.25) is 0 Å². The van der Waals surface area contributed by atoms with E-state index in [0.717, 1.165) is 21.3 Å². The van der Waals surface area contributed by atoms with Crippen LogP contribution in [0.4, 0.5) is 5.69 Å². The minimum Gasteiger partial charge on any atom is -0.459 e. The number of hydrogen-bond donors (Lipinski definition) is 1. The van der Waals surface area contributed by atoms with Gasteiger partial charge in [-0.05, 0) is 29.3 Å². The van der Waals surface area contributed by atoms with Gasteiger partial charge in [-0.15, -0.1) is 0 Å². The first-order valence-corrected chi connectivity index (χ1v) is 7.27. The first-order valence-electron chi connectivity index (χ1n) is 6.48. The molecule has 0 radical (unpaired) electrons. The van der Waals surface area contributed by atoms with Crippen molar-refractivity contribution >= 4 is 27.6 Å². The van der Waals surface area contributed by atoms with Crippen LogP contribution in [0.5, 0.6) is 0 Å². The maximum atomic E-state index is 12.1. The lowest BCUT2D eigenvalue weighted by Crippen LogP contribution is -2.28. The van der Waals surface area contributed by atoms with E-state index >= 15 is 0 Å². The molecule has 0 spiro atoms. The Hall–Kier alpha value is -1.81. The van der Waals surface area contributed by atoms with Crippen molar-refractivity contribution in [2.45, 2.75) is 19.1 Å². The third-order valence-corrected chi connectivity index (χ3v) is 3.82. The molecule has 2 aromatic carbocycles. The van der Waals surface area contributed by atoms with Crippen LogP contribution in [-0.2, 0) is 22.6 Å². The topological polar surface area (TPSA) is 38.3 Å². The number of carbonyl (C=O) groups is 1. The van der Waals surface area contributed by atoms with E-state index in [0.29, 0.717) is 13.0 Å². The predicted octanol–water partition coefficient (Wildman–Crippen LogP) is 3.53. The Morgan fingerprint density at radius 3 is 2.90 bits per heavy atom. The van der Waals surface area contributed by atoms with E-state index in [1.54, 1.807) is 0 Å². The third-order valence-electron chi connectivity index (χ3n) is 3.33. The summed E-state index contributed by atoms with van der Waals surface area (Å²) in [4.78, 5) is 12.1. The Bertz CT molecular complexity index is 617. The molecule has 102 valence electrons. The van der Waals surface area contributed by atoms with Gasteiger partial charge >= 0.3 is 5.97 Å². The number of carbonyl (C=O) groups excluding carboxylic acids is 1. The number of para-hydroxylation sites is 1. The van der Waals surface area contributed by atoms with Crippen LogP contribution < -0.4 is 5.32 Å². The zero-order valence-electron chi connectivity index (χ0n) is 10.8. The van der Waals surface area contributed by atoms with Crippen molar-refractivity contribution in [1.29, 1.82) is 0 Å². The van der Waals surface area contributed by atoms with Crippen LogP contribution in [0.25, 0.3) is 0 Å². The lowest BCUT2D eigenvalue weighted by molar-refractivity contribution is -0.145. The largest absolute Gasteiger partial charge is 0.459 e. The molecular weight excluding hydrogens is 318 g/mol. The molecule has 0 fully saturated rings. The monoisotopic (exact) mass is 331 g/mol. The molecular formula is C16H14BrNO2. The minimum absolute atomic E-state index is 0.207. The van der Waals surface area contributed by atoms with Crippen molar-refractivity contribution in [2.24, 2.45) is 0 Å². The fourth-order valence-corrected chi connectivity index (χ4v) is 2.77. The van der Waals surface area contributed by atoms with E-state index in [-0.39, 0.29) is 12.0 Å². The van der Waals surface area contributed by atoms with Gasteiger partial charge in [-0.3, -0.25) is 0 Å². The van der Waals surface area contributed by atoms with Gasteiger partial charge in [0.05, 0.1) is 0 Å². The second-order valence-corrected chi connectivity index (χ2v) is 5.71. The molecule has 3 rings (SSSR count). The van der Waals surface area contributed by atoms with Gasteiger partial charge in [0.1, 0.15) is 12.6 Å². The fraction of sp³-hybridized carbons (Fsp3) is 0.188. The summed E-state index contributed by atoms with van der Waals surface area (Å²) in [6, 6.07) is 15.4. The van der Waals surface area contributed by atoms with Crippen molar-refractivity contribution in [3.05, 3.63) is 64.1 Å². The average Bonchev–Trinajstić information content (AvgIpc) is 2.89. The third kappa shape index (κ3) is 2.85. The van der Waals surface area contributed by atoms with E-state index in [1.165, 1.54) is 0 Å². The molecule has 1 N–H and O–H groups in total. The van der Waals surface area contributed by atoms with Gasteiger partial charge < -0.3 is 10.1 Å². The van der Waals surface area contributed by atoms with Gasteiger partial charge in [-0.25, -0.2) is 4.79 Å². The number of fused-ring (bicyclic) bond motifs is 1. The molecule has 0 aliphatic carbocycles. The van der Waals surface area contributed by atoms with Crippen LogP contribution in [0.3, 0.4) is 0 Å². The SMILES string of the molecule is O=C(OCc1cccc(Br)c1)C1Cc2ccccc2N1. The zero-order chi connectivity index (χ0) is 13.9. The minimum atomic E-state index is -0.278. The van der Waals surface area contributed by atoms with Crippen LogP contribution in [-0.4, -0.2) is 12.0 Å². The van der Waals surface area contributed by atoms with Crippen molar-refractivity contribution in [3.8, 4) is 0 Å². The smallest absolute Gasteiger partial charge is 0.329 e. The standard InChI is InChI=1S/C16H14BrNO2/c17-13-6-3-4-11(8-13)10-20-16(19)15-9-12-5-1-2-7-14(12)18-15/h1-8,15,18H,9-10H2. The maximum absolute atomic E-state index is 12.1. The number of benzene rings is 2. The second-order valence-electron chi connectivity index (χ2n) is 4.80. The van der Waals surface area contributed by atoms with Crippen molar-refractivity contribution in [3.63, 3.8) is 0 Å². The molecule has 4 heteroatoms. The summed E-state index contributed by atoms with van der Waals surface area (Å²) >= 11 is 3.40. The average molecular weight is 332 g/mol. The van der Waals surface area contributed by atoms with Gasteiger partial charge in [-0.2, -0.15) is 0 Å². The zero-order valence-corrected chi connectivity index (χ0v) is 12.4. The molecule has 1 unspecified atom stereocenters. The van der Waals surface area contributed by atoms with Crippen molar-refractivity contribution in [1.82, 2.24) is 0 Å². The van der Waals surface area contributed by atoms with E-state index in [9.17, 15) is 4.79 Å². The van der Waals surface area contributed by atoms with Crippen LogP contribution in [0.1, 0.15) is 11.1 Å². The fourth-order valence-electron chi connectivity index (χ4n) is 2.32. The molecule has 0 amide bonds. The quantitative estimate of drug-likeness (QED) is 0.874. The Morgan fingerprint density at radius 2 is 2.10 bits per heavy atom. The Kier molecular flexibility index (Phi) is 3.74. The summed E-state index contributed by atoms with van der Waals surface area (Å²) in [5, 5.41) is 3.20. The molecule has 1 atom stereocenters. The van der Waals surface area contributed by atoms with E-state index in [4.69, 9.17) is 4.74 Å². The number of esters is 1. The summed E-state index contributed by atoms with van der Waals surface area (Å²) in [6.45, 7) is 0.298. The van der Waals surface area contributed by atoms with Gasteiger partial charge in [0.25, 0.3) is 0 Å². The Labute approximate surface area is 126 Å². The van der Waals surface area contributed by atoms with Crippen LogP contribution in [0, 0.1) is 0 Å². The summed E-state index contributed by atoms with van der Waals surface area (Å²) < 4.78 is 6.36. The molecule has 0 saturated heterocycles. The molecule has 1 aliphatic heterocycles. The van der Waals surface area contributed by atoms with Gasteiger partial charge in [0.15, 0.2) is 0 Å². The Morgan fingerprint density at radius 1 is 1.25 bits per heavy atom. The summed E-state index contributed by atoms with van der Waals surface area (Å²) in [5.41, 5.74) is 3.16. The molecule has 1 heterocycles. The Balaban J connectivity index is 1.59. The predicted molar refractivity (Wildman–Crippen MR) is 81.5 cm³/mol. The molecule has 0 saturated carbocycles. The molecule has 3 nitrogen and oxygen atoms in total. The van der Waals surface area contributed by atoms with Gasteiger partial charge in [-0.1, -0.05) is 46.3 Å². The molecule has 0 aromatic heterocycles. The summed E-state index contributed by atoms with van der Waals surface area (Å²) in [6.07, 6.45) is 0.688. The molecule has 0 bridgehead atoms. The second kappa shape index (κ2) is 5.67. The van der Waals surface area contributed by atoms with Crippen LogP contribution in [0.15, 0.2) is 53.0 Å². The lowest BCUT2D eigenvalue weighted by atomic mass is 10.1. The number of nitrogens with one attached hydrogen (secondary N) is 1. The summed E-state index contributed by atoms with van der Waals surface area (Å²) in [5.74, 6) is -0.207. The normalized spacial score (nSPS) is 16.4. The highest BCUT2D eigenvalue weighted by atomic mass is 79.9. The van der Waals surface area contributed by atoms with Gasteiger partial charge in [0.2, 0.25) is 0 Å². The highest BCUT2D eigenvalue weighted by molar-refractivity contribution is 9.10.